The summed E-state index contributed by atoms with van der Waals surface area (Å²) in [6.07, 6.45) is -2.97. The monoisotopic (exact) mass is 255 g/mol. The average molecular weight is 255 g/mol. The lowest BCUT2D eigenvalue weighted by atomic mass is 10.1. The Morgan fingerprint density at radius 3 is 2.06 bits per heavy atom. The fourth-order valence-electron chi connectivity index (χ4n) is 0.843. The molecule has 16 heavy (non-hydrogen) atoms. The molecule has 1 rings (SSSR count). The van der Waals surface area contributed by atoms with Gasteiger partial charge in [0.25, 0.3) is 0 Å². The van der Waals surface area contributed by atoms with E-state index >= 15 is 0 Å². The Morgan fingerprint density at radius 2 is 1.75 bits per heavy atom. The standard InChI is InChI=1S/C7H8F3N3O2S/c1-4(7(8,9)10)6-12-2-5(3-13-6)16(11,14)15/h2-4H,1H3,(H2,11,14,15)/t4-/m0/s1. The maximum absolute atomic E-state index is 12.2. The van der Waals surface area contributed by atoms with Crippen molar-refractivity contribution in [1.29, 1.82) is 0 Å². The highest BCUT2D eigenvalue weighted by molar-refractivity contribution is 7.89. The lowest BCUT2D eigenvalue weighted by molar-refractivity contribution is -0.147. The summed E-state index contributed by atoms with van der Waals surface area (Å²) in [4.78, 5) is 6.22. The first-order chi connectivity index (χ1) is 7.12. The topological polar surface area (TPSA) is 85.9 Å². The Bertz CT molecular complexity index is 469. The van der Waals surface area contributed by atoms with Crippen LogP contribution in [0.4, 0.5) is 13.2 Å². The Kier molecular flexibility index (Phi) is 3.20. The summed E-state index contributed by atoms with van der Waals surface area (Å²) in [6.45, 7) is 0.881. The smallest absolute Gasteiger partial charge is 0.239 e. The van der Waals surface area contributed by atoms with Gasteiger partial charge in [0.05, 0.1) is 12.4 Å². The van der Waals surface area contributed by atoms with Crippen LogP contribution in [0.2, 0.25) is 0 Å². The number of nitrogens with zero attached hydrogens (tertiary/aromatic N) is 2. The van der Waals surface area contributed by atoms with Gasteiger partial charge in [-0.05, 0) is 6.92 Å². The van der Waals surface area contributed by atoms with Crippen LogP contribution in [0.3, 0.4) is 0 Å². The molecule has 0 unspecified atom stereocenters. The Hall–Kier alpha value is -1.22. The molecule has 0 bridgehead atoms. The third kappa shape index (κ3) is 2.89. The predicted molar refractivity (Wildman–Crippen MR) is 47.9 cm³/mol. The fourth-order valence-corrected chi connectivity index (χ4v) is 1.24. The molecule has 90 valence electrons. The Balaban J connectivity index is 3.05. The summed E-state index contributed by atoms with van der Waals surface area (Å²) in [5.74, 6) is -2.36. The van der Waals surface area contributed by atoms with Crippen molar-refractivity contribution in [3.8, 4) is 0 Å². The van der Waals surface area contributed by atoms with Crippen LogP contribution in [-0.4, -0.2) is 24.6 Å². The molecular weight excluding hydrogens is 247 g/mol. The molecule has 0 saturated carbocycles. The van der Waals surface area contributed by atoms with Crippen LogP contribution in [0.1, 0.15) is 18.7 Å². The summed E-state index contributed by atoms with van der Waals surface area (Å²) >= 11 is 0. The van der Waals surface area contributed by atoms with Crippen LogP contribution in [0.15, 0.2) is 17.3 Å². The maximum Gasteiger partial charge on any atom is 0.398 e. The van der Waals surface area contributed by atoms with Crippen LogP contribution in [0.25, 0.3) is 0 Å². The molecule has 5 nitrogen and oxygen atoms in total. The highest BCUT2D eigenvalue weighted by Crippen LogP contribution is 2.32. The highest BCUT2D eigenvalue weighted by Gasteiger charge is 2.39. The molecular formula is C7H8F3N3O2S. The number of sulfonamides is 1. The van der Waals surface area contributed by atoms with Crippen molar-refractivity contribution in [2.75, 3.05) is 0 Å². The molecule has 1 heterocycles. The van der Waals surface area contributed by atoms with Crippen molar-refractivity contribution >= 4 is 10.0 Å². The lowest BCUT2D eigenvalue weighted by Crippen LogP contribution is -2.21. The predicted octanol–water partition coefficient (Wildman–Crippen LogP) is 0.790. The number of halogens is 3. The summed E-state index contributed by atoms with van der Waals surface area (Å²) in [5, 5.41) is 4.74. The molecule has 1 aromatic rings. The van der Waals surface area contributed by atoms with Gasteiger partial charge in [0, 0.05) is 0 Å². The molecule has 0 fully saturated rings. The number of aromatic nitrogens is 2. The van der Waals surface area contributed by atoms with Crippen LogP contribution < -0.4 is 5.14 Å². The molecule has 0 aromatic carbocycles. The van der Waals surface area contributed by atoms with Crippen LogP contribution in [-0.2, 0) is 10.0 Å². The van der Waals surface area contributed by atoms with Crippen molar-refractivity contribution in [1.82, 2.24) is 9.97 Å². The van der Waals surface area contributed by atoms with Crippen molar-refractivity contribution in [3.63, 3.8) is 0 Å². The highest BCUT2D eigenvalue weighted by atomic mass is 32.2. The van der Waals surface area contributed by atoms with Gasteiger partial charge in [-0.15, -0.1) is 0 Å². The van der Waals surface area contributed by atoms with E-state index in [9.17, 15) is 21.6 Å². The van der Waals surface area contributed by atoms with E-state index in [1.54, 1.807) is 0 Å². The number of rotatable bonds is 2. The van der Waals surface area contributed by atoms with Gasteiger partial charge < -0.3 is 0 Å². The van der Waals surface area contributed by atoms with E-state index in [-0.39, 0.29) is 0 Å². The fraction of sp³-hybridized carbons (Fsp3) is 0.429. The molecule has 0 aliphatic carbocycles. The maximum atomic E-state index is 12.2. The average Bonchev–Trinajstić information content (AvgIpc) is 2.14. The quantitative estimate of drug-likeness (QED) is 0.846. The van der Waals surface area contributed by atoms with E-state index in [1.807, 2.05) is 0 Å². The van der Waals surface area contributed by atoms with E-state index in [2.05, 4.69) is 9.97 Å². The summed E-state index contributed by atoms with van der Waals surface area (Å²) in [7, 11) is -3.99. The van der Waals surface area contributed by atoms with Crippen LogP contribution in [0, 0.1) is 0 Å². The zero-order valence-electron chi connectivity index (χ0n) is 8.06. The zero-order chi connectivity index (χ0) is 12.6. The third-order valence-corrected chi connectivity index (χ3v) is 2.72. The second kappa shape index (κ2) is 3.98. The minimum Gasteiger partial charge on any atom is -0.239 e. The molecule has 0 aliphatic heterocycles. The van der Waals surface area contributed by atoms with Gasteiger partial charge >= 0.3 is 6.18 Å². The van der Waals surface area contributed by atoms with Gasteiger partial charge in [0.1, 0.15) is 16.6 Å². The van der Waals surface area contributed by atoms with Crippen molar-refractivity contribution in [3.05, 3.63) is 18.2 Å². The Labute approximate surface area is 89.6 Å². The van der Waals surface area contributed by atoms with Gasteiger partial charge in [-0.3, -0.25) is 0 Å². The Morgan fingerprint density at radius 1 is 1.31 bits per heavy atom. The molecule has 2 N–H and O–H groups in total. The number of alkyl halides is 3. The first kappa shape index (κ1) is 12.8. The number of hydrogen-bond acceptors (Lipinski definition) is 4. The number of primary sulfonamides is 1. The molecule has 9 heteroatoms. The first-order valence-corrected chi connectivity index (χ1v) is 5.58. The second-order valence-corrected chi connectivity index (χ2v) is 4.65. The first-order valence-electron chi connectivity index (χ1n) is 4.04. The largest absolute Gasteiger partial charge is 0.398 e. The number of hydrogen-bond donors (Lipinski definition) is 1. The molecule has 1 atom stereocenters. The van der Waals surface area contributed by atoms with Gasteiger partial charge in [-0.25, -0.2) is 23.5 Å². The molecule has 0 spiro atoms. The van der Waals surface area contributed by atoms with Crippen molar-refractivity contribution in [2.24, 2.45) is 5.14 Å². The minimum absolute atomic E-state index is 0.425. The molecule has 0 amide bonds. The lowest BCUT2D eigenvalue weighted by Gasteiger charge is -2.13. The van der Waals surface area contributed by atoms with E-state index in [4.69, 9.17) is 5.14 Å². The van der Waals surface area contributed by atoms with Gasteiger partial charge in [0.15, 0.2) is 0 Å². The van der Waals surface area contributed by atoms with E-state index in [0.717, 1.165) is 19.3 Å². The van der Waals surface area contributed by atoms with E-state index in [1.165, 1.54) is 0 Å². The van der Waals surface area contributed by atoms with Gasteiger partial charge in [-0.1, -0.05) is 0 Å². The van der Waals surface area contributed by atoms with E-state index < -0.39 is 32.8 Å². The van der Waals surface area contributed by atoms with Crippen LogP contribution in [0.5, 0.6) is 0 Å². The summed E-state index contributed by atoms with van der Waals surface area (Å²) in [6, 6.07) is 0. The summed E-state index contributed by atoms with van der Waals surface area (Å²) < 4.78 is 58.3. The van der Waals surface area contributed by atoms with Crippen molar-refractivity contribution < 1.29 is 21.6 Å². The third-order valence-electron chi connectivity index (χ3n) is 1.85. The van der Waals surface area contributed by atoms with Crippen LogP contribution >= 0.6 is 0 Å². The molecule has 0 saturated heterocycles. The molecule has 1 aromatic heterocycles. The second-order valence-electron chi connectivity index (χ2n) is 3.09. The molecule has 0 aliphatic rings. The summed E-state index contributed by atoms with van der Waals surface area (Å²) in [5.41, 5.74) is 0. The minimum atomic E-state index is -4.47. The van der Waals surface area contributed by atoms with Gasteiger partial charge in [0.2, 0.25) is 10.0 Å². The zero-order valence-corrected chi connectivity index (χ0v) is 8.88. The van der Waals surface area contributed by atoms with Gasteiger partial charge in [-0.2, -0.15) is 13.2 Å². The SMILES string of the molecule is C[C@@H](c1ncc(S(N)(=O)=O)cn1)C(F)(F)F. The number of nitrogens with two attached hydrogens (primary N) is 1. The van der Waals surface area contributed by atoms with E-state index in [0.29, 0.717) is 0 Å². The normalized spacial score (nSPS) is 14.8. The van der Waals surface area contributed by atoms with Crippen molar-refractivity contribution in [2.45, 2.75) is 23.9 Å². The molecule has 0 radical (unpaired) electrons.